The molecule has 0 heterocycles. The number of carbonyl (C=O) groups excluding carboxylic acids is 1. The minimum Gasteiger partial charge on any atom is -0.426 e. The van der Waals surface area contributed by atoms with Crippen LogP contribution in [-0.2, 0) is 10.2 Å². The number of aliphatic hydroxyl groups is 1. The lowest BCUT2D eigenvalue weighted by Gasteiger charge is -2.27. The molecule has 25 heavy (non-hydrogen) atoms. The Labute approximate surface area is 151 Å². The van der Waals surface area contributed by atoms with Gasteiger partial charge < -0.3 is 9.84 Å². The molecule has 0 spiro atoms. The summed E-state index contributed by atoms with van der Waals surface area (Å²) in [4.78, 5) is 12.0. The minimum atomic E-state index is -0.538. The third-order valence-electron chi connectivity index (χ3n) is 3.97. The number of carbonyl (C=O) groups is 1. The van der Waals surface area contributed by atoms with Crippen molar-refractivity contribution < 1.29 is 14.6 Å². The molecule has 0 bridgehead atoms. The standard InChI is InChI=1S/C22H30O3/c1-8-9-17(11-10-16(2)23)22(6,7)18-12-14-19(15-13-18)25-20(24)21(3,4)5/h8-16,23H,1H2,2-7H3/b11-10-,17-9+. The van der Waals surface area contributed by atoms with E-state index >= 15 is 0 Å². The molecule has 0 aliphatic heterocycles. The SMILES string of the molecule is C=C/C=C(\C=C/C(C)O)C(C)(C)c1ccc(OC(=O)C(C)(C)C)cc1. The average Bonchev–Trinajstić information content (AvgIpc) is 2.50. The van der Waals surface area contributed by atoms with Crippen LogP contribution in [0, 0.1) is 5.41 Å². The first-order chi connectivity index (χ1) is 11.5. The van der Waals surface area contributed by atoms with E-state index in [2.05, 4.69) is 20.4 Å². The van der Waals surface area contributed by atoms with Crippen molar-refractivity contribution in [3.8, 4) is 5.75 Å². The Balaban J connectivity index is 3.07. The molecule has 136 valence electrons. The molecule has 1 aromatic carbocycles. The molecule has 1 aromatic rings. The molecule has 3 nitrogen and oxygen atoms in total. The summed E-state index contributed by atoms with van der Waals surface area (Å²) < 4.78 is 5.42. The third-order valence-corrected chi connectivity index (χ3v) is 3.97. The molecule has 0 saturated carbocycles. The maximum absolute atomic E-state index is 12.0. The second kappa shape index (κ2) is 8.30. The summed E-state index contributed by atoms with van der Waals surface area (Å²) in [6.45, 7) is 15.2. The van der Waals surface area contributed by atoms with E-state index < -0.39 is 11.5 Å². The number of aliphatic hydroxyl groups excluding tert-OH is 1. The zero-order valence-corrected chi connectivity index (χ0v) is 16.2. The molecule has 3 heteroatoms. The van der Waals surface area contributed by atoms with Crippen molar-refractivity contribution in [2.45, 2.75) is 53.1 Å². The number of esters is 1. The molecule has 0 radical (unpaired) electrons. The van der Waals surface area contributed by atoms with Crippen LogP contribution >= 0.6 is 0 Å². The van der Waals surface area contributed by atoms with Gasteiger partial charge in [0.25, 0.3) is 0 Å². The molecule has 0 aliphatic rings. The zero-order valence-electron chi connectivity index (χ0n) is 16.2. The highest BCUT2D eigenvalue weighted by Crippen LogP contribution is 2.33. The molecule has 1 unspecified atom stereocenters. The van der Waals surface area contributed by atoms with Crippen LogP contribution in [0.3, 0.4) is 0 Å². The van der Waals surface area contributed by atoms with E-state index in [1.165, 1.54) is 0 Å². The van der Waals surface area contributed by atoms with Crippen molar-refractivity contribution in [1.29, 1.82) is 0 Å². The molecule has 0 fully saturated rings. The Morgan fingerprint density at radius 2 is 1.72 bits per heavy atom. The van der Waals surface area contributed by atoms with Gasteiger partial charge in [0.05, 0.1) is 11.5 Å². The molecule has 0 saturated heterocycles. The number of hydrogen-bond acceptors (Lipinski definition) is 3. The summed E-state index contributed by atoms with van der Waals surface area (Å²) in [6, 6.07) is 7.53. The van der Waals surface area contributed by atoms with Crippen molar-refractivity contribution in [2.24, 2.45) is 5.41 Å². The second-order valence-electron chi connectivity index (χ2n) is 7.75. The van der Waals surface area contributed by atoms with Crippen LogP contribution in [0.15, 0.2) is 60.7 Å². The summed E-state index contributed by atoms with van der Waals surface area (Å²) >= 11 is 0. The van der Waals surface area contributed by atoms with Crippen LogP contribution in [-0.4, -0.2) is 17.2 Å². The first-order valence-corrected chi connectivity index (χ1v) is 8.50. The predicted octanol–water partition coefficient (Wildman–Crippen LogP) is 4.97. The van der Waals surface area contributed by atoms with Gasteiger partial charge in [0.1, 0.15) is 5.75 Å². The lowest BCUT2D eigenvalue weighted by molar-refractivity contribution is -0.142. The van der Waals surface area contributed by atoms with Gasteiger partial charge in [0, 0.05) is 5.41 Å². The van der Waals surface area contributed by atoms with E-state index in [1.807, 2.05) is 57.2 Å². The van der Waals surface area contributed by atoms with Gasteiger partial charge in [-0.25, -0.2) is 0 Å². The van der Waals surface area contributed by atoms with Crippen molar-refractivity contribution in [3.05, 3.63) is 66.3 Å². The largest absolute Gasteiger partial charge is 0.426 e. The smallest absolute Gasteiger partial charge is 0.316 e. The molecular formula is C22H30O3. The van der Waals surface area contributed by atoms with Gasteiger partial charge in [-0.05, 0) is 51.0 Å². The summed E-state index contributed by atoms with van der Waals surface area (Å²) in [5.74, 6) is 0.278. The maximum atomic E-state index is 12.0. The Kier molecular flexibility index (Phi) is 6.95. The molecule has 0 aromatic heterocycles. The van der Waals surface area contributed by atoms with Crippen molar-refractivity contribution in [2.75, 3.05) is 0 Å². The van der Waals surface area contributed by atoms with Crippen LogP contribution < -0.4 is 4.74 Å². The number of rotatable bonds is 6. The molecule has 0 aliphatic carbocycles. The van der Waals surface area contributed by atoms with Gasteiger partial charge in [-0.15, -0.1) is 0 Å². The molecule has 1 atom stereocenters. The van der Waals surface area contributed by atoms with Crippen LogP contribution in [0.5, 0.6) is 5.75 Å². The Hall–Kier alpha value is -2.13. The maximum Gasteiger partial charge on any atom is 0.316 e. The van der Waals surface area contributed by atoms with Crippen molar-refractivity contribution in [3.63, 3.8) is 0 Å². The topological polar surface area (TPSA) is 46.5 Å². The van der Waals surface area contributed by atoms with E-state index in [4.69, 9.17) is 4.74 Å². The number of allylic oxidation sites excluding steroid dienone is 4. The number of benzene rings is 1. The predicted molar refractivity (Wildman–Crippen MR) is 104 cm³/mol. The van der Waals surface area contributed by atoms with E-state index in [0.717, 1.165) is 11.1 Å². The highest BCUT2D eigenvalue weighted by molar-refractivity contribution is 5.77. The molecular weight excluding hydrogens is 312 g/mol. The van der Waals surface area contributed by atoms with Crippen LogP contribution in [0.1, 0.15) is 47.1 Å². The lowest BCUT2D eigenvalue weighted by atomic mass is 9.77. The quantitative estimate of drug-likeness (QED) is 0.451. The number of hydrogen-bond donors (Lipinski definition) is 1. The fraction of sp³-hybridized carbons (Fsp3) is 0.409. The minimum absolute atomic E-state index is 0.258. The number of ether oxygens (including phenoxy) is 1. The summed E-state index contributed by atoms with van der Waals surface area (Å²) in [5, 5.41) is 9.50. The second-order valence-corrected chi connectivity index (χ2v) is 7.75. The van der Waals surface area contributed by atoms with Gasteiger partial charge in [0.2, 0.25) is 0 Å². The Bertz CT molecular complexity index is 654. The molecule has 1 N–H and O–H groups in total. The Morgan fingerprint density at radius 3 is 2.16 bits per heavy atom. The molecule has 1 rings (SSSR count). The van der Waals surface area contributed by atoms with Gasteiger partial charge in [-0.1, -0.05) is 56.9 Å². The Morgan fingerprint density at radius 1 is 1.16 bits per heavy atom. The fourth-order valence-corrected chi connectivity index (χ4v) is 2.21. The van der Waals surface area contributed by atoms with Crippen LogP contribution in [0.4, 0.5) is 0 Å². The summed E-state index contributed by atoms with van der Waals surface area (Å²) in [5.41, 5.74) is 1.28. The van der Waals surface area contributed by atoms with Crippen molar-refractivity contribution >= 4 is 5.97 Å². The normalized spacial score (nSPS) is 14.4. The highest BCUT2D eigenvalue weighted by atomic mass is 16.5. The average molecular weight is 342 g/mol. The fourth-order valence-electron chi connectivity index (χ4n) is 2.21. The van der Waals surface area contributed by atoms with Gasteiger partial charge >= 0.3 is 5.97 Å². The van der Waals surface area contributed by atoms with E-state index in [0.29, 0.717) is 5.75 Å². The summed E-state index contributed by atoms with van der Waals surface area (Å²) in [6.07, 6.45) is 6.83. The van der Waals surface area contributed by atoms with Gasteiger partial charge in [-0.3, -0.25) is 4.79 Å². The summed E-state index contributed by atoms with van der Waals surface area (Å²) in [7, 11) is 0. The van der Waals surface area contributed by atoms with Crippen LogP contribution in [0.2, 0.25) is 0 Å². The zero-order chi connectivity index (χ0) is 19.3. The van der Waals surface area contributed by atoms with Gasteiger partial charge in [0.15, 0.2) is 0 Å². The van der Waals surface area contributed by atoms with Gasteiger partial charge in [-0.2, -0.15) is 0 Å². The van der Waals surface area contributed by atoms with E-state index in [9.17, 15) is 9.90 Å². The monoisotopic (exact) mass is 342 g/mol. The van der Waals surface area contributed by atoms with Crippen molar-refractivity contribution in [1.82, 2.24) is 0 Å². The third kappa shape index (κ3) is 6.02. The molecule has 0 amide bonds. The van der Waals surface area contributed by atoms with E-state index in [-0.39, 0.29) is 11.4 Å². The lowest BCUT2D eigenvalue weighted by Crippen LogP contribution is -2.25. The van der Waals surface area contributed by atoms with E-state index in [1.54, 1.807) is 19.1 Å². The highest BCUT2D eigenvalue weighted by Gasteiger charge is 2.26. The first-order valence-electron chi connectivity index (χ1n) is 8.50. The first kappa shape index (κ1) is 20.9. The van der Waals surface area contributed by atoms with Crippen LogP contribution in [0.25, 0.3) is 0 Å².